The molecule has 5 nitrogen and oxygen atoms in total. The summed E-state index contributed by atoms with van der Waals surface area (Å²) in [5.41, 5.74) is 1.64. The van der Waals surface area contributed by atoms with Crippen molar-refractivity contribution in [2.75, 3.05) is 24.7 Å². The summed E-state index contributed by atoms with van der Waals surface area (Å²) in [6.45, 7) is 8.26. The van der Waals surface area contributed by atoms with Crippen molar-refractivity contribution in [3.8, 4) is 0 Å². The van der Waals surface area contributed by atoms with E-state index in [2.05, 4.69) is 26.1 Å². The molecular formula is C16H26N2O3S. The third kappa shape index (κ3) is 5.42. The highest BCUT2D eigenvalue weighted by molar-refractivity contribution is 7.88. The number of sulfonamides is 1. The molecule has 1 aromatic rings. The van der Waals surface area contributed by atoms with Gasteiger partial charge in [0.05, 0.1) is 12.8 Å². The van der Waals surface area contributed by atoms with E-state index in [4.69, 9.17) is 0 Å². The van der Waals surface area contributed by atoms with Crippen molar-refractivity contribution in [1.82, 2.24) is 4.31 Å². The first-order valence-corrected chi connectivity index (χ1v) is 9.25. The first-order valence-electron chi connectivity index (χ1n) is 7.40. The molecule has 6 heteroatoms. The summed E-state index contributed by atoms with van der Waals surface area (Å²) in [6, 6.07) is 7.58. The van der Waals surface area contributed by atoms with Crippen molar-refractivity contribution in [2.45, 2.75) is 39.5 Å². The summed E-state index contributed by atoms with van der Waals surface area (Å²) in [5.74, 6) is -0.324. The van der Waals surface area contributed by atoms with E-state index in [0.29, 0.717) is 13.0 Å². The maximum Gasteiger partial charge on any atom is 0.239 e. The molecule has 1 amide bonds. The molecule has 0 aliphatic heterocycles. The number of hydrogen-bond acceptors (Lipinski definition) is 3. The van der Waals surface area contributed by atoms with E-state index in [1.165, 1.54) is 4.31 Å². The Morgan fingerprint density at radius 2 is 1.82 bits per heavy atom. The molecule has 0 saturated carbocycles. The lowest BCUT2D eigenvalue weighted by molar-refractivity contribution is -0.116. The second-order valence-electron chi connectivity index (χ2n) is 6.44. The van der Waals surface area contributed by atoms with Gasteiger partial charge in [0.25, 0.3) is 0 Å². The Labute approximate surface area is 133 Å². The van der Waals surface area contributed by atoms with Gasteiger partial charge in [-0.2, -0.15) is 4.31 Å². The van der Waals surface area contributed by atoms with Crippen LogP contribution in [-0.4, -0.2) is 38.0 Å². The van der Waals surface area contributed by atoms with Crippen molar-refractivity contribution in [3.63, 3.8) is 0 Å². The molecule has 1 rings (SSSR count). The van der Waals surface area contributed by atoms with Gasteiger partial charge in [-0.05, 0) is 23.5 Å². The van der Waals surface area contributed by atoms with Gasteiger partial charge in [0.2, 0.25) is 15.9 Å². The lowest BCUT2D eigenvalue weighted by Crippen LogP contribution is -2.38. The molecule has 124 valence electrons. The zero-order chi connectivity index (χ0) is 17.0. The molecule has 1 aromatic carbocycles. The maximum atomic E-state index is 12.2. The minimum absolute atomic E-state index is 0.107. The number of amides is 1. The van der Waals surface area contributed by atoms with Crippen LogP contribution in [0.5, 0.6) is 0 Å². The fourth-order valence-electron chi connectivity index (χ4n) is 2.21. The molecule has 22 heavy (non-hydrogen) atoms. The highest BCUT2D eigenvalue weighted by atomic mass is 32.2. The van der Waals surface area contributed by atoms with Crippen molar-refractivity contribution in [3.05, 3.63) is 29.8 Å². The van der Waals surface area contributed by atoms with Crippen molar-refractivity contribution < 1.29 is 13.2 Å². The van der Waals surface area contributed by atoms with Crippen molar-refractivity contribution in [1.29, 1.82) is 0 Å². The summed E-state index contributed by atoms with van der Waals surface area (Å²) in [5, 5.41) is 2.83. The first kappa shape index (κ1) is 18.6. The molecule has 0 aliphatic rings. The summed E-state index contributed by atoms with van der Waals surface area (Å²) in [4.78, 5) is 12.2. The van der Waals surface area contributed by atoms with E-state index in [9.17, 15) is 13.2 Å². The summed E-state index contributed by atoms with van der Waals surface area (Å²) < 4.78 is 24.6. The van der Waals surface area contributed by atoms with Crippen LogP contribution >= 0.6 is 0 Å². The van der Waals surface area contributed by atoms with Crippen LogP contribution in [-0.2, 0) is 20.2 Å². The Bertz CT molecular complexity index is 619. The third-order valence-electron chi connectivity index (χ3n) is 3.27. The number of carbonyl (C=O) groups is 1. The third-order valence-corrected chi connectivity index (χ3v) is 4.52. The second-order valence-corrected chi connectivity index (χ2v) is 8.42. The van der Waals surface area contributed by atoms with Gasteiger partial charge in [0.15, 0.2) is 0 Å². The largest absolute Gasteiger partial charge is 0.325 e. The van der Waals surface area contributed by atoms with Crippen LogP contribution in [0.2, 0.25) is 0 Å². The van der Waals surface area contributed by atoms with E-state index in [1.54, 1.807) is 0 Å². The van der Waals surface area contributed by atoms with E-state index in [1.807, 2.05) is 31.2 Å². The van der Waals surface area contributed by atoms with Gasteiger partial charge < -0.3 is 5.32 Å². The van der Waals surface area contributed by atoms with Crippen LogP contribution in [0.1, 0.15) is 39.7 Å². The van der Waals surface area contributed by atoms with Gasteiger partial charge >= 0.3 is 0 Å². The fraction of sp³-hybridized carbons (Fsp3) is 0.562. The number of anilines is 1. The zero-order valence-corrected chi connectivity index (χ0v) is 14.8. The molecule has 0 radical (unpaired) electrons. The topological polar surface area (TPSA) is 66.5 Å². The molecule has 0 saturated heterocycles. The Balaban J connectivity index is 2.90. The molecule has 0 heterocycles. The zero-order valence-electron chi connectivity index (χ0n) is 14.0. The molecular weight excluding hydrogens is 300 g/mol. The predicted molar refractivity (Wildman–Crippen MR) is 90.5 cm³/mol. The lowest BCUT2D eigenvalue weighted by Gasteiger charge is -2.24. The average molecular weight is 326 g/mol. The van der Waals surface area contributed by atoms with Crippen LogP contribution < -0.4 is 5.32 Å². The number of rotatable bonds is 6. The van der Waals surface area contributed by atoms with Crippen molar-refractivity contribution in [2.24, 2.45) is 0 Å². The number of benzene rings is 1. The van der Waals surface area contributed by atoms with Crippen LogP contribution in [0, 0.1) is 0 Å². The summed E-state index contributed by atoms with van der Waals surface area (Å²) in [7, 11) is -3.38. The molecule has 0 aromatic heterocycles. The molecule has 0 unspecified atom stereocenters. The Morgan fingerprint density at radius 1 is 1.23 bits per heavy atom. The standard InChI is InChI=1S/C16H26N2O3S/c1-6-11-18(22(5,20)21)12-15(19)17-14-10-8-7-9-13(14)16(2,3)4/h7-10H,6,11-12H2,1-5H3,(H,17,19). The summed E-state index contributed by atoms with van der Waals surface area (Å²) >= 11 is 0. The number of nitrogens with zero attached hydrogens (tertiary/aromatic N) is 1. The Morgan fingerprint density at radius 3 is 2.32 bits per heavy atom. The Kier molecular flexibility index (Phi) is 6.14. The Hall–Kier alpha value is -1.40. The maximum absolute atomic E-state index is 12.2. The molecule has 0 bridgehead atoms. The summed E-state index contributed by atoms with van der Waals surface area (Å²) in [6.07, 6.45) is 1.79. The van der Waals surface area contributed by atoms with Gasteiger partial charge in [-0.25, -0.2) is 8.42 Å². The number of nitrogens with one attached hydrogen (secondary N) is 1. The lowest BCUT2D eigenvalue weighted by atomic mass is 9.86. The molecule has 0 fully saturated rings. The number of hydrogen-bond donors (Lipinski definition) is 1. The van der Waals surface area contributed by atoms with E-state index >= 15 is 0 Å². The van der Waals surface area contributed by atoms with Gasteiger partial charge in [0.1, 0.15) is 0 Å². The van der Waals surface area contributed by atoms with Crippen LogP contribution in [0.25, 0.3) is 0 Å². The van der Waals surface area contributed by atoms with Crippen LogP contribution in [0.3, 0.4) is 0 Å². The first-order chi connectivity index (χ1) is 10.1. The minimum atomic E-state index is -3.38. The average Bonchev–Trinajstić information content (AvgIpc) is 2.36. The molecule has 1 N–H and O–H groups in total. The van der Waals surface area contributed by atoms with E-state index in [-0.39, 0.29) is 17.9 Å². The molecule has 0 atom stereocenters. The SMILES string of the molecule is CCCN(CC(=O)Nc1ccccc1C(C)(C)C)S(C)(=O)=O. The van der Waals surface area contributed by atoms with Gasteiger partial charge in [-0.3, -0.25) is 4.79 Å². The van der Waals surface area contributed by atoms with E-state index in [0.717, 1.165) is 17.5 Å². The quantitative estimate of drug-likeness (QED) is 0.874. The normalized spacial score (nSPS) is 12.5. The smallest absolute Gasteiger partial charge is 0.239 e. The molecule has 0 aliphatic carbocycles. The van der Waals surface area contributed by atoms with Crippen molar-refractivity contribution >= 4 is 21.6 Å². The molecule has 0 spiro atoms. The second kappa shape index (κ2) is 7.24. The highest BCUT2D eigenvalue weighted by Gasteiger charge is 2.22. The van der Waals surface area contributed by atoms with Gasteiger partial charge in [0, 0.05) is 12.2 Å². The van der Waals surface area contributed by atoms with Crippen LogP contribution in [0.15, 0.2) is 24.3 Å². The van der Waals surface area contributed by atoms with Crippen LogP contribution in [0.4, 0.5) is 5.69 Å². The fourth-order valence-corrected chi connectivity index (χ4v) is 3.07. The van der Waals surface area contributed by atoms with E-state index < -0.39 is 10.0 Å². The number of para-hydroxylation sites is 1. The minimum Gasteiger partial charge on any atom is -0.325 e. The monoisotopic (exact) mass is 326 g/mol. The number of carbonyl (C=O) groups excluding carboxylic acids is 1. The van der Waals surface area contributed by atoms with Gasteiger partial charge in [-0.15, -0.1) is 0 Å². The highest BCUT2D eigenvalue weighted by Crippen LogP contribution is 2.29. The predicted octanol–water partition coefficient (Wildman–Crippen LogP) is 2.59. The van der Waals surface area contributed by atoms with Gasteiger partial charge in [-0.1, -0.05) is 45.9 Å².